The number of nitrogens with one attached hydrogen (secondary N) is 2. The molecule has 0 aliphatic carbocycles. The second-order valence-corrected chi connectivity index (χ2v) is 4.52. The van der Waals surface area contributed by atoms with Crippen molar-refractivity contribution in [2.75, 3.05) is 11.9 Å². The van der Waals surface area contributed by atoms with Gasteiger partial charge in [0.2, 0.25) is 0 Å². The van der Waals surface area contributed by atoms with E-state index in [4.69, 9.17) is 4.52 Å². The molecule has 2 heterocycles. The maximum absolute atomic E-state index is 12.2. The van der Waals surface area contributed by atoms with Gasteiger partial charge in [0.1, 0.15) is 0 Å². The van der Waals surface area contributed by atoms with Crippen molar-refractivity contribution in [2.24, 2.45) is 0 Å². The molecule has 1 amide bonds. The Labute approximate surface area is 111 Å². The van der Waals surface area contributed by atoms with Crippen LogP contribution < -0.4 is 10.6 Å². The van der Waals surface area contributed by atoms with Crippen molar-refractivity contribution in [3.63, 3.8) is 0 Å². The van der Waals surface area contributed by atoms with Crippen molar-refractivity contribution in [1.82, 2.24) is 10.5 Å². The van der Waals surface area contributed by atoms with Gasteiger partial charge in [0.15, 0.2) is 5.76 Å². The Kier molecular flexibility index (Phi) is 3.18. The standard InChI is InChI=1S/C14H15N3O2/c18-14(16-9-10-6-8-17-19-10)12-3-1-5-13-11(12)4-2-7-15-13/h1,3,5-6,8,15H,2,4,7,9H2,(H,16,18). The van der Waals surface area contributed by atoms with E-state index in [1.165, 1.54) is 0 Å². The number of fused-ring (bicyclic) bond motifs is 1. The molecule has 1 aromatic heterocycles. The van der Waals surface area contributed by atoms with Gasteiger partial charge < -0.3 is 15.2 Å². The summed E-state index contributed by atoms with van der Waals surface area (Å²) in [6.45, 7) is 1.33. The van der Waals surface area contributed by atoms with Crippen molar-refractivity contribution in [1.29, 1.82) is 0 Å². The normalized spacial score (nSPS) is 13.5. The number of hydrogen-bond donors (Lipinski definition) is 2. The molecule has 0 unspecified atom stereocenters. The topological polar surface area (TPSA) is 67.2 Å². The Hall–Kier alpha value is -2.30. The number of nitrogens with zero attached hydrogens (tertiary/aromatic N) is 1. The van der Waals surface area contributed by atoms with Gasteiger partial charge in [-0.2, -0.15) is 0 Å². The minimum atomic E-state index is -0.0723. The zero-order chi connectivity index (χ0) is 13.1. The third kappa shape index (κ3) is 2.45. The van der Waals surface area contributed by atoms with E-state index in [0.29, 0.717) is 12.3 Å². The van der Waals surface area contributed by atoms with Gasteiger partial charge in [0.25, 0.3) is 5.91 Å². The highest BCUT2D eigenvalue weighted by atomic mass is 16.5. The molecule has 0 fully saturated rings. The van der Waals surface area contributed by atoms with Crippen LogP contribution in [0, 0.1) is 0 Å². The molecule has 2 aromatic rings. The van der Waals surface area contributed by atoms with Crippen LogP contribution in [-0.4, -0.2) is 17.6 Å². The van der Waals surface area contributed by atoms with E-state index < -0.39 is 0 Å². The van der Waals surface area contributed by atoms with Gasteiger partial charge in [0, 0.05) is 23.9 Å². The third-order valence-corrected chi connectivity index (χ3v) is 3.25. The maximum atomic E-state index is 12.2. The lowest BCUT2D eigenvalue weighted by Crippen LogP contribution is -2.25. The first-order valence-corrected chi connectivity index (χ1v) is 6.38. The number of hydrogen-bond acceptors (Lipinski definition) is 4. The maximum Gasteiger partial charge on any atom is 0.252 e. The Morgan fingerprint density at radius 2 is 2.37 bits per heavy atom. The number of amides is 1. The molecule has 0 bridgehead atoms. The van der Waals surface area contributed by atoms with Crippen LogP contribution in [0.1, 0.15) is 28.1 Å². The van der Waals surface area contributed by atoms with Crippen molar-refractivity contribution in [3.05, 3.63) is 47.3 Å². The summed E-state index contributed by atoms with van der Waals surface area (Å²) < 4.78 is 4.96. The molecule has 0 atom stereocenters. The molecule has 2 N–H and O–H groups in total. The van der Waals surface area contributed by atoms with Crippen LogP contribution in [0.5, 0.6) is 0 Å². The molecule has 0 saturated carbocycles. The third-order valence-electron chi connectivity index (χ3n) is 3.25. The highest BCUT2D eigenvalue weighted by Crippen LogP contribution is 2.25. The average molecular weight is 257 g/mol. The smallest absolute Gasteiger partial charge is 0.252 e. The summed E-state index contributed by atoms with van der Waals surface area (Å²) in [5, 5.41) is 9.78. The number of benzene rings is 1. The first-order chi connectivity index (χ1) is 9.34. The minimum Gasteiger partial charge on any atom is -0.385 e. The lowest BCUT2D eigenvalue weighted by atomic mass is 9.97. The number of carbonyl (C=O) groups excluding carboxylic acids is 1. The second-order valence-electron chi connectivity index (χ2n) is 4.52. The summed E-state index contributed by atoms with van der Waals surface area (Å²) in [7, 11) is 0. The van der Waals surface area contributed by atoms with E-state index in [2.05, 4.69) is 15.8 Å². The fraction of sp³-hybridized carbons (Fsp3) is 0.286. The summed E-state index contributed by atoms with van der Waals surface area (Å²) in [5.74, 6) is 0.577. The molecule has 1 aromatic carbocycles. The van der Waals surface area contributed by atoms with Gasteiger partial charge in [-0.05, 0) is 30.5 Å². The highest BCUT2D eigenvalue weighted by Gasteiger charge is 2.17. The van der Waals surface area contributed by atoms with Crippen molar-refractivity contribution in [2.45, 2.75) is 19.4 Å². The van der Waals surface area contributed by atoms with Gasteiger partial charge in [-0.15, -0.1) is 0 Å². The minimum absolute atomic E-state index is 0.0723. The van der Waals surface area contributed by atoms with Gasteiger partial charge >= 0.3 is 0 Å². The SMILES string of the molecule is O=C(NCc1ccno1)c1cccc2c1CCCN2. The largest absolute Gasteiger partial charge is 0.385 e. The molecule has 19 heavy (non-hydrogen) atoms. The van der Waals surface area contributed by atoms with Crippen LogP contribution in [0.4, 0.5) is 5.69 Å². The van der Waals surface area contributed by atoms with E-state index >= 15 is 0 Å². The molecule has 0 radical (unpaired) electrons. The van der Waals surface area contributed by atoms with Gasteiger partial charge in [-0.25, -0.2) is 0 Å². The molecule has 0 spiro atoms. The first-order valence-electron chi connectivity index (χ1n) is 6.38. The molecule has 98 valence electrons. The number of anilines is 1. The zero-order valence-electron chi connectivity index (χ0n) is 10.5. The van der Waals surface area contributed by atoms with Crippen LogP contribution in [0.2, 0.25) is 0 Å². The van der Waals surface area contributed by atoms with E-state index in [1.807, 2.05) is 18.2 Å². The van der Waals surface area contributed by atoms with Crippen LogP contribution in [0.15, 0.2) is 35.0 Å². The molecule has 0 saturated heterocycles. The van der Waals surface area contributed by atoms with Gasteiger partial charge in [-0.3, -0.25) is 4.79 Å². The predicted octanol–water partition coefficient (Wildman–Crippen LogP) is 1.96. The molecule has 3 rings (SSSR count). The summed E-state index contributed by atoms with van der Waals surface area (Å²) in [6.07, 6.45) is 3.56. The van der Waals surface area contributed by atoms with E-state index in [0.717, 1.165) is 36.2 Å². The molecule has 5 nitrogen and oxygen atoms in total. The van der Waals surface area contributed by atoms with Crippen molar-refractivity contribution >= 4 is 11.6 Å². The van der Waals surface area contributed by atoms with Crippen LogP contribution in [0.3, 0.4) is 0 Å². The van der Waals surface area contributed by atoms with Crippen molar-refractivity contribution in [3.8, 4) is 0 Å². The number of aromatic nitrogens is 1. The summed E-state index contributed by atoms with van der Waals surface area (Å²) in [5.41, 5.74) is 2.91. The summed E-state index contributed by atoms with van der Waals surface area (Å²) >= 11 is 0. The molecular formula is C14H15N3O2. The quantitative estimate of drug-likeness (QED) is 0.882. The van der Waals surface area contributed by atoms with Gasteiger partial charge in [0.05, 0.1) is 12.7 Å². The monoisotopic (exact) mass is 257 g/mol. The fourth-order valence-corrected chi connectivity index (χ4v) is 2.32. The van der Waals surface area contributed by atoms with E-state index in [1.54, 1.807) is 12.3 Å². The molecule has 1 aliphatic rings. The lowest BCUT2D eigenvalue weighted by molar-refractivity contribution is 0.0946. The van der Waals surface area contributed by atoms with Gasteiger partial charge in [-0.1, -0.05) is 11.2 Å². The Balaban J connectivity index is 1.76. The number of carbonyl (C=O) groups is 1. The zero-order valence-corrected chi connectivity index (χ0v) is 10.5. The summed E-state index contributed by atoms with van der Waals surface area (Å²) in [4.78, 5) is 12.2. The van der Waals surface area contributed by atoms with Crippen LogP contribution in [-0.2, 0) is 13.0 Å². The molecular weight excluding hydrogens is 242 g/mol. The predicted molar refractivity (Wildman–Crippen MR) is 70.9 cm³/mol. The Morgan fingerprint density at radius 1 is 1.42 bits per heavy atom. The Morgan fingerprint density at radius 3 is 3.21 bits per heavy atom. The van der Waals surface area contributed by atoms with Crippen LogP contribution >= 0.6 is 0 Å². The molecule has 5 heteroatoms. The highest BCUT2D eigenvalue weighted by molar-refractivity contribution is 5.97. The number of rotatable bonds is 3. The Bertz CT molecular complexity index is 578. The van der Waals surface area contributed by atoms with E-state index in [-0.39, 0.29) is 5.91 Å². The van der Waals surface area contributed by atoms with Crippen molar-refractivity contribution < 1.29 is 9.32 Å². The second kappa shape index (κ2) is 5.14. The first kappa shape index (κ1) is 11.8. The summed E-state index contributed by atoms with van der Waals surface area (Å²) in [6, 6.07) is 7.52. The fourth-order valence-electron chi connectivity index (χ4n) is 2.32. The lowest BCUT2D eigenvalue weighted by Gasteiger charge is -2.20. The van der Waals surface area contributed by atoms with E-state index in [9.17, 15) is 4.79 Å². The average Bonchev–Trinajstić information content (AvgIpc) is 2.97. The molecule has 1 aliphatic heterocycles. The van der Waals surface area contributed by atoms with Crippen LogP contribution in [0.25, 0.3) is 0 Å².